The predicted molar refractivity (Wildman–Crippen MR) is 260 cm³/mol. The molecule has 6 aromatic rings. The highest BCUT2D eigenvalue weighted by molar-refractivity contribution is 9.10. The SMILES string of the molecule is C#CC1CC1.Clc1ccccc1-c1nc2c([nH]1)CN(C1CCc3ccc(Br)cc3C1)CC2.Clc1ccccc1-c1nc2c([nH]1)CN(C1CCc3ccc(C#CC4CC4)cc3C1)CC2. The van der Waals surface area contributed by atoms with E-state index in [4.69, 9.17) is 39.6 Å². The topological polar surface area (TPSA) is 63.8 Å². The van der Waals surface area contributed by atoms with E-state index < -0.39 is 0 Å². The zero-order valence-corrected chi connectivity index (χ0v) is 38.8. The number of terminal acetylenes is 1. The van der Waals surface area contributed by atoms with Gasteiger partial charge in [-0.1, -0.05) is 87.4 Å². The highest BCUT2D eigenvalue weighted by Crippen LogP contribution is 2.34. The van der Waals surface area contributed by atoms with E-state index in [2.05, 4.69) is 89.9 Å². The van der Waals surface area contributed by atoms with E-state index in [1.54, 1.807) is 0 Å². The van der Waals surface area contributed by atoms with Crippen molar-refractivity contribution in [2.24, 2.45) is 11.8 Å². The van der Waals surface area contributed by atoms with Crippen LogP contribution in [0.5, 0.6) is 0 Å². The van der Waals surface area contributed by atoms with Gasteiger partial charge in [0, 0.05) is 84.1 Å². The van der Waals surface area contributed by atoms with Crippen molar-refractivity contribution in [3.8, 4) is 47.0 Å². The number of aromatic amines is 2. The Kier molecular flexibility index (Phi) is 12.7. The standard InChI is InChI=1S/C27H26ClN3.C22H21BrClN3.C5H6/c28-24-4-2-1-3-23(24)27-29-25-13-14-31(17-26(25)30-27)22-12-11-20-10-9-19(15-21(20)16-22)8-7-18-5-6-18;23-16-7-5-14-6-8-17(12-15(14)11-16)27-10-9-20-21(13-27)26-22(25-20)18-3-1-2-4-19(18)24;1-2-5-3-4-5/h1-4,9-10,15,18,22H,5-6,11-14,16-17H2,(H,29,30);1-5,7,11,17H,6,8-10,12-13H2,(H,25,26);1,5H,3-4H2. The Balaban J connectivity index is 0.000000136. The molecule has 63 heavy (non-hydrogen) atoms. The second-order valence-corrected chi connectivity index (χ2v) is 19.8. The van der Waals surface area contributed by atoms with E-state index in [-0.39, 0.29) is 0 Å². The summed E-state index contributed by atoms with van der Waals surface area (Å²) in [5, 5.41) is 1.49. The predicted octanol–water partition coefficient (Wildman–Crippen LogP) is 11.8. The molecule has 0 radical (unpaired) electrons. The number of halogens is 3. The van der Waals surface area contributed by atoms with Crippen molar-refractivity contribution >= 4 is 39.1 Å². The van der Waals surface area contributed by atoms with Crippen molar-refractivity contribution in [2.75, 3.05) is 13.1 Å². The van der Waals surface area contributed by atoms with Gasteiger partial charge in [0.1, 0.15) is 11.6 Å². The van der Waals surface area contributed by atoms with Gasteiger partial charge in [0.25, 0.3) is 0 Å². The molecule has 6 aliphatic rings. The smallest absolute Gasteiger partial charge is 0.139 e. The van der Waals surface area contributed by atoms with Crippen LogP contribution in [-0.2, 0) is 51.6 Å². The fourth-order valence-corrected chi connectivity index (χ4v) is 10.5. The number of aryl methyl sites for hydroxylation is 2. The van der Waals surface area contributed by atoms with Crippen molar-refractivity contribution in [2.45, 2.75) is 102 Å². The second kappa shape index (κ2) is 18.9. The van der Waals surface area contributed by atoms with E-state index in [0.29, 0.717) is 23.9 Å². The van der Waals surface area contributed by atoms with Gasteiger partial charge in [-0.15, -0.1) is 12.3 Å². The molecule has 4 aromatic carbocycles. The zero-order valence-electron chi connectivity index (χ0n) is 35.7. The summed E-state index contributed by atoms with van der Waals surface area (Å²) < 4.78 is 1.18. The molecule has 2 aromatic heterocycles. The molecule has 9 heteroatoms. The van der Waals surface area contributed by atoms with Crippen molar-refractivity contribution in [3.63, 3.8) is 0 Å². The number of H-pyrrole nitrogens is 2. The molecule has 2 fully saturated rings. The summed E-state index contributed by atoms with van der Waals surface area (Å²) in [6.07, 6.45) is 19.1. The molecule has 0 spiro atoms. The van der Waals surface area contributed by atoms with Crippen LogP contribution in [0.1, 0.15) is 89.1 Å². The molecule has 0 amide bonds. The first-order valence-corrected chi connectivity index (χ1v) is 24.4. The van der Waals surface area contributed by atoms with Crippen LogP contribution >= 0.6 is 39.1 Å². The number of fused-ring (bicyclic) bond motifs is 4. The van der Waals surface area contributed by atoms with Gasteiger partial charge in [-0.25, -0.2) is 9.97 Å². The Morgan fingerprint density at radius 3 is 1.63 bits per heavy atom. The van der Waals surface area contributed by atoms with E-state index in [9.17, 15) is 0 Å². The minimum Gasteiger partial charge on any atom is -0.340 e. The first kappa shape index (κ1) is 42.4. The summed E-state index contributed by atoms with van der Waals surface area (Å²) >= 11 is 16.4. The average molecular weight is 937 g/mol. The number of rotatable bonds is 4. The first-order chi connectivity index (χ1) is 30.8. The van der Waals surface area contributed by atoms with Gasteiger partial charge in [0.15, 0.2) is 0 Å². The van der Waals surface area contributed by atoms with Crippen molar-refractivity contribution in [3.05, 3.63) is 150 Å². The lowest BCUT2D eigenvalue weighted by atomic mass is 9.86. The van der Waals surface area contributed by atoms with Crippen LogP contribution in [0.15, 0.2) is 89.4 Å². The summed E-state index contributed by atoms with van der Waals surface area (Å²) in [5.74, 6) is 12.5. The average Bonchev–Trinajstić information content (AvgIpc) is 4.25. The number of benzene rings is 4. The van der Waals surface area contributed by atoms with Gasteiger partial charge in [-0.3, -0.25) is 9.80 Å². The van der Waals surface area contributed by atoms with E-state index in [1.807, 2.05) is 48.5 Å². The molecule has 0 saturated heterocycles. The highest BCUT2D eigenvalue weighted by atomic mass is 79.9. The molecule has 2 N–H and O–H groups in total. The van der Waals surface area contributed by atoms with Crippen molar-refractivity contribution < 1.29 is 0 Å². The van der Waals surface area contributed by atoms with Crippen LogP contribution in [0.4, 0.5) is 0 Å². The molecule has 6 nitrogen and oxygen atoms in total. The summed E-state index contributed by atoms with van der Waals surface area (Å²) in [6, 6.07) is 30.6. The molecule has 4 aliphatic carbocycles. The molecular weight excluding hydrogens is 883 g/mol. The number of hydrogen-bond acceptors (Lipinski definition) is 4. The molecule has 2 aliphatic heterocycles. The van der Waals surface area contributed by atoms with Gasteiger partial charge in [-0.2, -0.15) is 0 Å². The number of aromatic nitrogens is 4. The number of nitrogens with one attached hydrogen (secondary N) is 2. The van der Waals surface area contributed by atoms with Crippen molar-refractivity contribution in [1.82, 2.24) is 29.7 Å². The maximum atomic E-state index is 6.40. The molecule has 2 unspecified atom stereocenters. The Morgan fingerprint density at radius 1 is 0.603 bits per heavy atom. The minimum atomic E-state index is 0.583. The molecule has 0 bridgehead atoms. The third kappa shape index (κ3) is 10.0. The van der Waals surface area contributed by atoms with E-state index in [0.717, 1.165) is 91.1 Å². The third-order valence-electron chi connectivity index (χ3n) is 13.6. The lowest BCUT2D eigenvalue weighted by Crippen LogP contribution is -2.42. The summed E-state index contributed by atoms with van der Waals surface area (Å²) in [7, 11) is 0. The van der Waals surface area contributed by atoms with E-state index >= 15 is 0 Å². The van der Waals surface area contributed by atoms with Crippen LogP contribution in [-0.4, -0.2) is 54.9 Å². The van der Waals surface area contributed by atoms with Gasteiger partial charge in [0.2, 0.25) is 0 Å². The Bertz CT molecular complexity index is 2730. The number of hydrogen-bond donors (Lipinski definition) is 2. The van der Waals surface area contributed by atoms with Crippen LogP contribution < -0.4 is 0 Å². The molecular formula is C54H53BrCl2N6. The molecule has 320 valence electrons. The van der Waals surface area contributed by atoms with Gasteiger partial charge in [-0.05, 0) is 135 Å². The normalized spacial score (nSPS) is 20.2. The summed E-state index contributed by atoms with van der Waals surface area (Å²) in [4.78, 5) is 22.1. The minimum absolute atomic E-state index is 0.583. The lowest BCUT2D eigenvalue weighted by molar-refractivity contribution is 0.160. The maximum Gasteiger partial charge on any atom is 0.139 e. The molecule has 12 rings (SSSR count). The zero-order chi connectivity index (χ0) is 42.9. The number of imidazole rings is 2. The first-order valence-electron chi connectivity index (χ1n) is 22.8. The molecule has 2 atom stereocenters. The van der Waals surface area contributed by atoms with Crippen LogP contribution in [0.3, 0.4) is 0 Å². The van der Waals surface area contributed by atoms with Crippen LogP contribution in [0.25, 0.3) is 22.8 Å². The highest BCUT2D eigenvalue weighted by Gasteiger charge is 2.31. The monoisotopic (exact) mass is 934 g/mol. The summed E-state index contributed by atoms with van der Waals surface area (Å²) in [6.45, 7) is 4.03. The summed E-state index contributed by atoms with van der Waals surface area (Å²) in [5.41, 5.74) is 14.0. The van der Waals surface area contributed by atoms with Gasteiger partial charge >= 0.3 is 0 Å². The Labute approximate surface area is 390 Å². The quantitative estimate of drug-likeness (QED) is 0.173. The molecule has 2 saturated carbocycles. The van der Waals surface area contributed by atoms with Crippen LogP contribution in [0.2, 0.25) is 10.0 Å². The van der Waals surface area contributed by atoms with Gasteiger partial charge in [0.05, 0.1) is 32.8 Å². The Hall–Kier alpha value is -4.60. The fourth-order valence-electron chi connectivity index (χ4n) is 9.62. The van der Waals surface area contributed by atoms with Gasteiger partial charge < -0.3 is 9.97 Å². The lowest BCUT2D eigenvalue weighted by Gasteiger charge is -2.37. The largest absolute Gasteiger partial charge is 0.340 e. The fraction of sp³-hybridized carbons (Fsp3) is 0.370. The third-order valence-corrected chi connectivity index (χ3v) is 14.8. The van der Waals surface area contributed by atoms with E-state index in [1.165, 1.54) is 100 Å². The second-order valence-electron chi connectivity index (χ2n) is 18.1. The Morgan fingerprint density at radius 2 is 1.13 bits per heavy atom. The van der Waals surface area contributed by atoms with Crippen LogP contribution in [0, 0.1) is 36.0 Å². The maximum absolute atomic E-state index is 6.40. The van der Waals surface area contributed by atoms with Crippen molar-refractivity contribution in [1.29, 1.82) is 0 Å². The number of nitrogens with zero attached hydrogens (tertiary/aromatic N) is 4. The molecule has 4 heterocycles.